The lowest BCUT2D eigenvalue weighted by molar-refractivity contribution is -0.142. The van der Waals surface area contributed by atoms with Crippen molar-refractivity contribution in [3.05, 3.63) is 5.01 Å². The van der Waals surface area contributed by atoms with Crippen molar-refractivity contribution in [2.75, 3.05) is 31.6 Å². The third-order valence-electron chi connectivity index (χ3n) is 4.08. The standard InChI is InChI=1S/C17H28N4O3S/c1-5-24-10-8-13-19-20-16(25-13)18-14(22)12-7-6-9-21(11-12)15(23)17(2,3)4/h12H,5-11H2,1-4H3,(H,18,20,22)/t12-/m0/s1. The molecule has 1 fully saturated rings. The summed E-state index contributed by atoms with van der Waals surface area (Å²) < 4.78 is 5.30. The summed E-state index contributed by atoms with van der Waals surface area (Å²) in [6, 6.07) is 0. The van der Waals surface area contributed by atoms with Gasteiger partial charge in [-0.1, -0.05) is 32.1 Å². The maximum Gasteiger partial charge on any atom is 0.231 e. The molecular weight excluding hydrogens is 340 g/mol. The first kappa shape index (κ1) is 19.8. The Kier molecular flexibility index (Phi) is 6.89. The number of carbonyl (C=O) groups excluding carboxylic acids is 2. The van der Waals surface area contributed by atoms with Gasteiger partial charge in [-0.15, -0.1) is 10.2 Å². The number of nitrogens with zero attached hydrogens (tertiary/aromatic N) is 3. The molecule has 0 aliphatic carbocycles. The van der Waals surface area contributed by atoms with Gasteiger partial charge in [0.05, 0.1) is 12.5 Å². The Morgan fingerprint density at radius 1 is 1.36 bits per heavy atom. The van der Waals surface area contributed by atoms with E-state index >= 15 is 0 Å². The largest absolute Gasteiger partial charge is 0.381 e. The lowest BCUT2D eigenvalue weighted by atomic mass is 9.91. The third kappa shape index (κ3) is 5.74. The first-order valence-corrected chi connectivity index (χ1v) is 9.63. The molecule has 0 saturated carbocycles. The van der Waals surface area contributed by atoms with E-state index in [1.807, 2.05) is 27.7 Å². The molecule has 1 N–H and O–H groups in total. The van der Waals surface area contributed by atoms with Gasteiger partial charge in [-0.25, -0.2) is 0 Å². The van der Waals surface area contributed by atoms with Gasteiger partial charge in [0.25, 0.3) is 0 Å². The summed E-state index contributed by atoms with van der Waals surface area (Å²) in [5.74, 6) is -0.186. The van der Waals surface area contributed by atoms with Gasteiger partial charge in [-0.2, -0.15) is 0 Å². The summed E-state index contributed by atoms with van der Waals surface area (Å²) in [7, 11) is 0. The molecule has 0 radical (unpaired) electrons. The maximum atomic E-state index is 12.5. The minimum atomic E-state index is -0.424. The highest BCUT2D eigenvalue weighted by Crippen LogP contribution is 2.25. The number of anilines is 1. The van der Waals surface area contributed by atoms with Crippen LogP contribution in [0.25, 0.3) is 0 Å². The van der Waals surface area contributed by atoms with Crippen LogP contribution < -0.4 is 5.32 Å². The zero-order chi connectivity index (χ0) is 18.4. The first-order valence-electron chi connectivity index (χ1n) is 8.81. The van der Waals surface area contributed by atoms with Crippen LogP contribution in [0, 0.1) is 11.3 Å². The average Bonchev–Trinajstić information content (AvgIpc) is 3.01. The van der Waals surface area contributed by atoms with E-state index in [1.54, 1.807) is 4.90 Å². The molecule has 2 heterocycles. The van der Waals surface area contributed by atoms with E-state index in [0.29, 0.717) is 31.3 Å². The molecule has 0 unspecified atom stereocenters. The van der Waals surface area contributed by atoms with Gasteiger partial charge in [-0.05, 0) is 19.8 Å². The Morgan fingerprint density at radius 2 is 2.12 bits per heavy atom. The minimum Gasteiger partial charge on any atom is -0.381 e. The van der Waals surface area contributed by atoms with Crippen molar-refractivity contribution in [2.24, 2.45) is 11.3 Å². The van der Waals surface area contributed by atoms with Crippen LogP contribution in [0.4, 0.5) is 5.13 Å². The van der Waals surface area contributed by atoms with E-state index < -0.39 is 5.41 Å². The highest BCUT2D eigenvalue weighted by atomic mass is 32.1. The highest BCUT2D eigenvalue weighted by molar-refractivity contribution is 7.15. The van der Waals surface area contributed by atoms with Gasteiger partial charge in [0.1, 0.15) is 5.01 Å². The topological polar surface area (TPSA) is 84.4 Å². The smallest absolute Gasteiger partial charge is 0.231 e. The third-order valence-corrected chi connectivity index (χ3v) is 4.98. The molecule has 7 nitrogen and oxygen atoms in total. The van der Waals surface area contributed by atoms with Crippen LogP contribution in [0.5, 0.6) is 0 Å². The summed E-state index contributed by atoms with van der Waals surface area (Å²) in [6.07, 6.45) is 2.32. The average molecular weight is 369 g/mol. The molecule has 2 amide bonds. The van der Waals surface area contributed by atoms with Crippen LogP contribution in [0.1, 0.15) is 45.5 Å². The van der Waals surface area contributed by atoms with Crippen LogP contribution in [-0.4, -0.2) is 53.2 Å². The summed E-state index contributed by atoms with van der Waals surface area (Å²) in [5.41, 5.74) is -0.424. The van der Waals surface area contributed by atoms with Crippen LogP contribution in [0.3, 0.4) is 0 Å². The molecule has 1 saturated heterocycles. The number of aromatic nitrogens is 2. The second-order valence-electron chi connectivity index (χ2n) is 7.28. The molecule has 1 aliphatic heterocycles. The van der Waals surface area contributed by atoms with E-state index in [2.05, 4.69) is 15.5 Å². The summed E-state index contributed by atoms with van der Waals surface area (Å²) in [4.78, 5) is 26.8. The van der Waals surface area contributed by atoms with Crippen LogP contribution in [0.2, 0.25) is 0 Å². The maximum absolute atomic E-state index is 12.5. The molecule has 2 rings (SSSR count). The molecule has 8 heteroatoms. The molecule has 1 aliphatic rings. The Balaban J connectivity index is 1.89. The van der Waals surface area contributed by atoms with Crippen LogP contribution in [-0.2, 0) is 20.7 Å². The Hall–Kier alpha value is -1.54. The molecule has 1 aromatic heterocycles. The molecule has 25 heavy (non-hydrogen) atoms. The van der Waals surface area contributed by atoms with E-state index in [0.717, 1.165) is 24.4 Å². The normalized spacial score (nSPS) is 18.2. The zero-order valence-corrected chi connectivity index (χ0v) is 16.3. The quantitative estimate of drug-likeness (QED) is 0.779. The van der Waals surface area contributed by atoms with Gasteiger partial charge in [0.2, 0.25) is 16.9 Å². The number of hydrogen-bond donors (Lipinski definition) is 1. The van der Waals surface area contributed by atoms with Gasteiger partial charge < -0.3 is 15.0 Å². The van der Waals surface area contributed by atoms with Crippen molar-refractivity contribution in [3.63, 3.8) is 0 Å². The molecular formula is C17H28N4O3S. The van der Waals surface area contributed by atoms with Crippen molar-refractivity contribution in [1.29, 1.82) is 0 Å². The molecule has 0 aromatic carbocycles. The molecule has 1 aromatic rings. The van der Waals surface area contributed by atoms with Crippen molar-refractivity contribution in [3.8, 4) is 0 Å². The van der Waals surface area contributed by atoms with Gasteiger partial charge >= 0.3 is 0 Å². The Morgan fingerprint density at radius 3 is 2.80 bits per heavy atom. The van der Waals surface area contributed by atoms with Gasteiger partial charge in [-0.3, -0.25) is 9.59 Å². The van der Waals surface area contributed by atoms with Crippen molar-refractivity contribution < 1.29 is 14.3 Å². The Labute approximate surface area is 153 Å². The number of nitrogens with one attached hydrogen (secondary N) is 1. The van der Waals surface area contributed by atoms with E-state index in [1.165, 1.54) is 11.3 Å². The highest BCUT2D eigenvalue weighted by Gasteiger charge is 2.33. The van der Waals surface area contributed by atoms with E-state index in [4.69, 9.17) is 4.74 Å². The lowest BCUT2D eigenvalue weighted by Crippen LogP contribution is -2.47. The first-order chi connectivity index (χ1) is 11.8. The second kappa shape index (κ2) is 8.71. The molecule has 140 valence electrons. The Bertz CT molecular complexity index is 597. The SMILES string of the molecule is CCOCCc1nnc(NC(=O)[C@H]2CCCN(C(=O)C(C)(C)C)C2)s1. The fraction of sp³-hybridized carbons (Fsp3) is 0.765. The second-order valence-corrected chi connectivity index (χ2v) is 8.34. The van der Waals surface area contributed by atoms with Gasteiger partial charge in [0.15, 0.2) is 0 Å². The predicted octanol–water partition coefficient (Wildman–Crippen LogP) is 2.34. The molecule has 0 spiro atoms. The molecule has 1 atom stereocenters. The monoisotopic (exact) mass is 368 g/mol. The number of carbonyl (C=O) groups is 2. The summed E-state index contributed by atoms with van der Waals surface area (Å²) in [5, 5.41) is 12.3. The van der Waals surface area contributed by atoms with Crippen molar-refractivity contribution in [2.45, 2.75) is 47.0 Å². The predicted molar refractivity (Wildman–Crippen MR) is 97.5 cm³/mol. The number of piperidine rings is 1. The van der Waals surface area contributed by atoms with Gasteiger partial charge in [0, 0.05) is 31.5 Å². The number of rotatable bonds is 6. The minimum absolute atomic E-state index is 0.0843. The number of amides is 2. The number of likely N-dealkylation sites (tertiary alicyclic amines) is 1. The number of ether oxygens (including phenoxy) is 1. The van der Waals surface area contributed by atoms with Crippen LogP contribution in [0.15, 0.2) is 0 Å². The fourth-order valence-electron chi connectivity index (χ4n) is 2.77. The number of hydrogen-bond acceptors (Lipinski definition) is 6. The summed E-state index contributed by atoms with van der Waals surface area (Å²) in [6.45, 7) is 10.1. The zero-order valence-electron chi connectivity index (χ0n) is 15.5. The van der Waals surface area contributed by atoms with E-state index in [-0.39, 0.29) is 17.7 Å². The van der Waals surface area contributed by atoms with Crippen LogP contribution >= 0.6 is 11.3 Å². The lowest BCUT2D eigenvalue weighted by Gasteiger charge is -2.35. The van der Waals surface area contributed by atoms with Crippen molar-refractivity contribution in [1.82, 2.24) is 15.1 Å². The van der Waals surface area contributed by atoms with Crippen molar-refractivity contribution >= 4 is 28.3 Å². The fourth-order valence-corrected chi connectivity index (χ4v) is 3.49. The summed E-state index contributed by atoms with van der Waals surface area (Å²) >= 11 is 1.37. The molecule has 0 bridgehead atoms. The van der Waals surface area contributed by atoms with E-state index in [9.17, 15) is 9.59 Å².